The van der Waals surface area contributed by atoms with Gasteiger partial charge in [-0.15, -0.1) is 0 Å². The highest BCUT2D eigenvalue weighted by Crippen LogP contribution is 2.17. The predicted molar refractivity (Wildman–Crippen MR) is 77.0 cm³/mol. The van der Waals surface area contributed by atoms with Crippen molar-refractivity contribution in [2.24, 2.45) is 5.92 Å². The van der Waals surface area contributed by atoms with Crippen LogP contribution in [0.15, 0.2) is 30.3 Å². The van der Waals surface area contributed by atoms with Crippen LogP contribution >= 0.6 is 0 Å². The van der Waals surface area contributed by atoms with E-state index in [1.807, 2.05) is 32.3 Å². The van der Waals surface area contributed by atoms with Crippen molar-refractivity contribution >= 4 is 11.8 Å². The second-order valence-electron chi connectivity index (χ2n) is 5.34. The summed E-state index contributed by atoms with van der Waals surface area (Å²) in [6, 6.07) is 10.2. The fraction of sp³-hybridized carbons (Fsp3) is 0.467. The molecule has 2 atom stereocenters. The number of benzene rings is 1. The second-order valence-corrected chi connectivity index (χ2v) is 5.34. The van der Waals surface area contributed by atoms with E-state index in [-0.39, 0.29) is 23.8 Å². The predicted octanol–water partition coefficient (Wildman–Crippen LogP) is 0.542. The van der Waals surface area contributed by atoms with Gasteiger partial charge in [-0.1, -0.05) is 30.3 Å². The Hall–Kier alpha value is -1.88. The number of hydrogen-bond acceptors (Lipinski definition) is 3. The van der Waals surface area contributed by atoms with E-state index in [0.717, 1.165) is 0 Å². The van der Waals surface area contributed by atoms with Crippen molar-refractivity contribution in [3.05, 3.63) is 35.9 Å². The number of likely N-dealkylation sites (N-methyl/N-ethyl adjacent to an activating group) is 1. The van der Waals surface area contributed by atoms with Crippen LogP contribution in [0.25, 0.3) is 0 Å². The first-order valence-corrected chi connectivity index (χ1v) is 6.83. The Morgan fingerprint density at radius 2 is 2.10 bits per heavy atom. The summed E-state index contributed by atoms with van der Waals surface area (Å²) in [5.41, 5.74) is 1.17. The Labute approximate surface area is 119 Å². The molecule has 1 aliphatic heterocycles. The van der Waals surface area contributed by atoms with Crippen LogP contribution in [-0.2, 0) is 9.59 Å². The molecule has 1 fully saturated rings. The van der Waals surface area contributed by atoms with E-state index in [1.54, 1.807) is 0 Å². The largest absolute Gasteiger partial charge is 0.355 e. The monoisotopic (exact) mass is 275 g/mol. The van der Waals surface area contributed by atoms with Crippen LogP contribution in [0.2, 0.25) is 0 Å². The van der Waals surface area contributed by atoms with E-state index in [0.29, 0.717) is 19.5 Å². The molecule has 0 bridgehead atoms. The molecule has 0 aromatic heterocycles. The molecule has 1 heterocycles. The minimum Gasteiger partial charge on any atom is -0.355 e. The van der Waals surface area contributed by atoms with E-state index in [2.05, 4.69) is 27.7 Å². The summed E-state index contributed by atoms with van der Waals surface area (Å²) in [7, 11) is 3.98. The number of rotatable bonds is 5. The van der Waals surface area contributed by atoms with Gasteiger partial charge in [-0.3, -0.25) is 9.59 Å². The molecule has 108 valence electrons. The lowest BCUT2D eigenvalue weighted by atomic mass is 10.0. The molecule has 2 N–H and O–H groups in total. The van der Waals surface area contributed by atoms with Gasteiger partial charge in [-0.2, -0.15) is 0 Å². The SMILES string of the molecule is CN(C)C(CNC(=O)C1CNC(=O)C1)c1ccccc1. The van der Waals surface area contributed by atoms with Crippen molar-refractivity contribution in [3.8, 4) is 0 Å². The third-order valence-corrected chi connectivity index (χ3v) is 3.63. The van der Waals surface area contributed by atoms with Gasteiger partial charge in [0.25, 0.3) is 0 Å². The highest BCUT2D eigenvalue weighted by Gasteiger charge is 2.28. The molecule has 1 aliphatic rings. The second kappa shape index (κ2) is 6.52. The quantitative estimate of drug-likeness (QED) is 0.824. The Morgan fingerprint density at radius 3 is 2.65 bits per heavy atom. The molecular weight excluding hydrogens is 254 g/mol. The number of amides is 2. The van der Waals surface area contributed by atoms with E-state index < -0.39 is 0 Å². The maximum atomic E-state index is 12.0. The van der Waals surface area contributed by atoms with Crippen LogP contribution in [0.3, 0.4) is 0 Å². The Kier molecular flexibility index (Phi) is 4.74. The highest BCUT2D eigenvalue weighted by molar-refractivity contribution is 5.89. The topological polar surface area (TPSA) is 61.4 Å². The first-order valence-electron chi connectivity index (χ1n) is 6.83. The summed E-state index contributed by atoms with van der Waals surface area (Å²) in [4.78, 5) is 25.2. The van der Waals surface area contributed by atoms with Gasteiger partial charge >= 0.3 is 0 Å². The molecule has 5 heteroatoms. The van der Waals surface area contributed by atoms with Crippen LogP contribution in [0.5, 0.6) is 0 Å². The molecule has 0 spiro atoms. The first-order chi connectivity index (χ1) is 9.58. The molecule has 0 saturated carbocycles. The Morgan fingerprint density at radius 1 is 1.40 bits per heavy atom. The summed E-state index contributed by atoms with van der Waals surface area (Å²) < 4.78 is 0. The molecule has 2 amide bonds. The molecule has 2 rings (SSSR count). The van der Waals surface area contributed by atoms with Gasteiger partial charge in [-0.25, -0.2) is 0 Å². The van der Waals surface area contributed by atoms with Gasteiger partial charge in [0, 0.05) is 19.5 Å². The first kappa shape index (κ1) is 14.5. The van der Waals surface area contributed by atoms with Crippen molar-refractivity contribution < 1.29 is 9.59 Å². The van der Waals surface area contributed by atoms with Gasteiger partial charge in [0.2, 0.25) is 11.8 Å². The number of nitrogens with zero attached hydrogens (tertiary/aromatic N) is 1. The number of hydrogen-bond donors (Lipinski definition) is 2. The third-order valence-electron chi connectivity index (χ3n) is 3.63. The molecular formula is C15H21N3O2. The zero-order valence-electron chi connectivity index (χ0n) is 11.9. The van der Waals surface area contributed by atoms with Crippen LogP contribution in [0.4, 0.5) is 0 Å². The molecule has 5 nitrogen and oxygen atoms in total. The van der Waals surface area contributed by atoms with Crippen molar-refractivity contribution in [2.75, 3.05) is 27.2 Å². The van der Waals surface area contributed by atoms with Crippen LogP contribution in [0, 0.1) is 5.92 Å². The normalized spacial score (nSPS) is 19.8. The Balaban J connectivity index is 1.93. The van der Waals surface area contributed by atoms with E-state index in [4.69, 9.17) is 0 Å². The minimum atomic E-state index is -0.235. The molecule has 0 aliphatic carbocycles. The summed E-state index contributed by atoms with van der Waals surface area (Å²) in [6.07, 6.45) is 0.295. The fourth-order valence-corrected chi connectivity index (χ4v) is 2.41. The number of carbonyl (C=O) groups excluding carboxylic acids is 2. The minimum absolute atomic E-state index is 0.0441. The highest BCUT2D eigenvalue weighted by atomic mass is 16.2. The summed E-state index contributed by atoms with van der Waals surface area (Å²) >= 11 is 0. The van der Waals surface area contributed by atoms with Gasteiger partial charge in [0.15, 0.2) is 0 Å². The molecule has 1 aromatic carbocycles. The Bertz CT molecular complexity index is 473. The maximum absolute atomic E-state index is 12.0. The van der Waals surface area contributed by atoms with Crippen molar-refractivity contribution in [3.63, 3.8) is 0 Å². The van der Waals surface area contributed by atoms with E-state index in [9.17, 15) is 9.59 Å². The van der Waals surface area contributed by atoms with Gasteiger partial charge in [0.1, 0.15) is 0 Å². The fourth-order valence-electron chi connectivity index (χ4n) is 2.41. The lowest BCUT2D eigenvalue weighted by Crippen LogP contribution is -2.38. The van der Waals surface area contributed by atoms with E-state index in [1.165, 1.54) is 5.56 Å². The summed E-state index contributed by atoms with van der Waals surface area (Å²) in [5.74, 6) is -0.329. The van der Waals surface area contributed by atoms with Crippen molar-refractivity contribution in [1.29, 1.82) is 0 Å². The summed E-state index contributed by atoms with van der Waals surface area (Å²) in [6.45, 7) is 0.989. The van der Waals surface area contributed by atoms with Gasteiger partial charge < -0.3 is 15.5 Å². The summed E-state index contributed by atoms with van der Waals surface area (Å²) in [5, 5.41) is 5.63. The molecule has 2 unspecified atom stereocenters. The molecule has 1 saturated heterocycles. The van der Waals surface area contributed by atoms with Gasteiger partial charge in [-0.05, 0) is 19.7 Å². The van der Waals surface area contributed by atoms with Crippen molar-refractivity contribution in [1.82, 2.24) is 15.5 Å². The lowest BCUT2D eigenvalue weighted by molar-refractivity contribution is -0.126. The number of nitrogens with one attached hydrogen (secondary N) is 2. The average Bonchev–Trinajstić information content (AvgIpc) is 2.86. The van der Waals surface area contributed by atoms with Crippen LogP contribution in [-0.4, -0.2) is 43.9 Å². The van der Waals surface area contributed by atoms with Gasteiger partial charge in [0.05, 0.1) is 12.0 Å². The smallest absolute Gasteiger partial charge is 0.225 e. The number of carbonyl (C=O) groups is 2. The molecule has 1 aromatic rings. The average molecular weight is 275 g/mol. The zero-order chi connectivity index (χ0) is 14.5. The maximum Gasteiger partial charge on any atom is 0.225 e. The van der Waals surface area contributed by atoms with Crippen LogP contribution in [0.1, 0.15) is 18.0 Å². The molecule has 0 radical (unpaired) electrons. The standard InChI is InChI=1S/C15H21N3O2/c1-18(2)13(11-6-4-3-5-7-11)10-17-15(20)12-8-14(19)16-9-12/h3-7,12-13H,8-10H2,1-2H3,(H,16,19)(H,17,20). The van der Waals surface area contributed by atoms with E-state index >= 15 is 0 Å². The van der Waals surface area contributed by atoms with Crippen LogP contribution < -0.4 is 10.6 Å². The zero-order valence-corrected chi connectivity index (χ0v) is 11.9. The molecule has 20 heavy (non-hydrogen) atoms. The van der Waals surface area contributed by atoms with Crippen molar-refractivity contribution in [2.45, 2.75) is 12.5 Å². The lowest BCUT2D eigenvalue weighted by Gasteiger charge is -2.25. The third kappa shape index (κ3) is 3.57.